The summed E-state index contributed by atoms with van der Waals surface area (Å²) in [6.07, 6.45) is 0. The highest BCUT2D eigenvalue weighted by Gasteiger charge is 2.35. The van der Waals surface area contributed by atoms with Crippen LogP contribution in [-0.4, -0.2) is 34.5 Å². The van der Waals surface area contributed by atoms with E-state index in [9.17, 15) is 9.18 Å². The topological polar surface area (TPSA) is 87.5 Å². The van der Waals surface area contributed by atoms with Gasteiger partial charge in [0.2, 0.25) is 5.95 Å². The molecule has 2 aromatic carbocycles. The van der Waals surface area contributed by atoms with Gasteiger partial charge < -0.3 is 19.5 Å². The van der Waals surface area contributed by atoms with Crippen molar-refractivity contribution in [2.24, 2.45) is 0 Å². The highest BCUT2D eigenvalue weighted by Crippen LogP contribution is 2.39. The number of nitrogens with zero attached hydrogens (tertiary/aromatic N) is 3. The fraction of sp³-hybridized carbons (Fsp3) is 0.292. The van der Waals surface area contributed by atoms with E-state index >= 15 is 0 Å². The first-order valence-electron chi connectivity index (χ1n) is 10.5. The van der Waals surface area contributed by atoms with Crippen LogP contribution in [0.5, 0.6) is 11.5 Å². The number of hydrogen-bond donors (Lipinski definition) is 1. The number of halogens is 1. The predicted molar refractivity (Wildman–Crippen MR) is 120 cm³/mol. The third kappa shape index (κ3) is 4.52. The largest absolute Gasteiger partial charge is 0.493 e. The van der Waals surface area contributed by atoms with Crippen LogP contribution in [0.4, 0.5) is 10.3 Å². The molecule has 0 aliphatic carbocycles. The van der Waals surface area contributed by atoms with E-state index < -0.39 is 12.0 Å². The van der Waals surface area contributed by atoms with Gasteiger partial charge in [-0.1, -0.05) is 18.2 Å². The lowest BCUT2D eigenvalue weighted by Gasteiger charge is -2.28. The monoisotopic (exact) mass is 452 g/mol. The average molecular weight is 452 g/mol. The Morgan fingerprint density at radius 2 is 1.91 bits per heavy atom. The van der Waals surface area contributed by atoms with Gasteiger partial charge in [-0.05, 0) is 56.2 Å². The van der Waals surface area contributed by atoms with Gasteiger partial charge in [0.05, 0.1) is 19.3 Å². The number of carbonyl (C=O) groups is 1. The van der Waals surface area contributed by atoms with Crippen molar-refractivity contribution in [2.75, 3.05) is 19.0 Å². The number of nitrogens with one attached hydrogen (secondary N) is 1. The number of hydrogen-bond acceptors (Lipinski definition) is 7. The summed E-state index contributed by atoms with van der Waals surface area (Å²) in [6, 6.07) is 11.0. The molecule has 1 unspecified atom stereocenters. The van der Waals surface area contributed by atoms with Gasteiger partial charge in [0, 0.05) is 5.70 Å². The Kier molecular flexibility index (Phi) is 6.30. The van der Waals surface area contributed by atoms with Crippen molar-refractivity contribution in [1.82, 2.24) is 14.8 Å². The summed E-state index contributed by atoms with van der Waals surface area (Å²) in [4.78, 5) is 17.3. The minimum Gasteiger partial charge on any atom is -0.493 e. The van der Waals surface area contributed by atoms with Gasteiger partial charge in [-0.3, -0.25) is 0 Å². The highest BCUT2D eigenvalue weighted by atomic mass is 19.1. The van der Waals surface area contributed by atoms with Crippen molar-refractivity contribution in [1.29, 1.82) is 0 Å². The van der Waals surface area contributed by atoms with Gasteiger partial charge >= 0.3 is 5.97 Å². The standard InChI is InChI=1S/C24H25FN4O4/c1-5-32-23(30)21-14(2)26-24-27-15(3)28-29(24)22(21)17-8-11-19(20(12-17)31-4)33-13-16-6-9-18(25)10-7-16/h6-12,22H,5,13H2,1-4H3,(H,26,27,28). The van der Waals surface area contributed by atoms with E-state index in [1.54, 1.807) is 43.8 Å². The number of carbonyl (C=O) groups excluding carboxylic acids is 1. The Bertz CT molecular complexity index is 1200. The second kappa shape index (κ2) is 9.32. The molecule has 1 atom stereocenters. The van der Waals surface area contributed by atoms with Gasteiger partial charge in [0.1, 0.15) is 24.3 Å². The number of aromatic nitrogens is 3. The number of allylic oxidation sites excluding steroid dienone is 1. The maximum atomic E-state index is 13.1. The van der Waals surface area contributed by atoms with E-state index in [1.807, 2.05) is 19.1 Å². The van der Waals surface area contributed by atoms with Crippen LogP contribution in [0.3, 0.4) is 0 Å². The first-order chi connectivity index (χ1) is 15.9. The molecule has 9 heteroatoms. The first kappa shape index (κ1) is 22.3. The number of fused-ring (bicyclic) bond motifs is 1. The molecule has 8 nitrogen and oxygen atoms in total. The summed E-state index contributed by atoms with van der Waals surface area (Å²) in [6.45, 7) is 5.87. The molecule has 172 valence electrons. The Balaban J connectivity index is 1.69. The summed E-state index contributed by atoms with van der Waals surface area (Å²) in [5.41, 5.74) is 2.67. The minimum atomic E-state index is -0.554. The zero-order valence-electron chi connectivity index (χ0n) is 18.9. The molecule has 1 aliphatic heterocycles. The van der Waals surface area contributed by atoms with E-state index in [1.165, 1.54) is 12.1 Å². The molecule has 33 heavy (non-hydrogen) atoms. The van der Waals surface area contributed by atoms with Crippen molar-refractivity contribution in [3.8, 4) is 11.5 Å². The quantitative estimate of drug-likeness (QED) is 0.539. The molecule has 1 aliphatic rings. The second-order valence-corrected chi connectivity index (χ2v) is 7.54. The van der Waals surface area contributed by atoms with Gasteiger partial charge in [-0.25, -0.2) is 13.9 Å². The smallest absolute Gasteiger partial charge is 0.338 e. The normalized spacial score (nSPS) is 15.0. The maximum absolute atomic E-state index is 13.1. The Labute approximate surface area is 191 Å². The fourth-order valence-electron chi connectivity index (χ4n) is 3.75. The minimum absolute atomic E-state index is 0.253. The zero-order chi connectivity index (χ0) is 23.5. The first-order valence-corrected chi connectivity index (χ1v) is 10.5. The molecule has 1 N–H and O–H groups in total. The van der Waals surface area contributed by atoms with Crippen molar-refractivity contribution in [2.45, 2.75) is 33.4 Å². The van der Waals surface area contributed by atoms with Gasteiger partial charge in [0.25, 0.3) is 0 Å². The summed E-state index contributed by atoms with van der Waals surface area (Å²) >= 11 is 0. The van der Waals surface area contributed by atoms with Crippen molar-refractivity contribution < 1.29 is 23.4 Å². The van der Waals surface area contributed by atoms with Crippen molar-refractivity contribution in [3.63, 3.8) is 0 Å². The molecule has 2 heterocycles. The Morgan fingerprint density at radius 1 is 1.15 bits per heavy atom. The molecule has 0 fully saturated rings. The molecule has 3 aromatic rings. The second-order valence-electron chi connectivity index (χ2n) is 7.54. The van der Waals surface area contributed by atoms with Crippen LogP contribution in [0.25, 0.3) is 0 Å². The third-order valence-corrected chi connectivity index (χ3v) is 5.26. The average Bonchev–Trinajstić information content (AvgIpc) is 3.17. The summed E-state index contributed by atoms with van der Waals surface area (Å²) in [7, 11) is 1.55. The van der Waals surface area contributed by atoms with E-state index in [4.69, 9.17) is 14.2 Å². The van der Waals surface area contributed by atoms with Crippen LogP contribution in [0.1, 0.15) is 36.8 Å². The molecular weight excluding hydrogens is 427 g/mol. The lowest BCUT2D eigenvalue weighted by molar-refractivity contribution is -0.139. The fourth-order valence-corrected chi connectivity index (χ4v) is 3.75. The molecule has 1 aromatic heterocycles. The van der Waals surface area contributed by atoms with Crippen LogP contribution in [-0.2, 0) is 16.1 Å². The number of esters is 1. The number of ether oxygens (including phenoxy) is 3. The van der Waals surface area contributed by atoms with Crippen molar-refractivity contribution >= 4 is 11.9 Å². The zero-order valence-corrected chi connectivity index (χ0v) is 18.9. The Morgan fingerprint density at radius 3 is 2.61 bits per heavy atom. The molecule has 4 rings (SSSR count). The number of rotatable bonds is 7. The molecule has 0 bridgehead atoms. The van der Waals surface area contributed by atoms with Gasteiger partial charge in [-0.15, -0.1) is 0 Å². The van der Waals surface area contributed by atoms with Crippen LogP contribution < -0.4 is 14.8 Å². The summed E-state index contributed by atoms with van der Waals surface area (Å²) < 4.78 is 31.6. The number of methoxy groups -OCH3 is 1. The summed E-state index contributed by atoms with van der Waals surface area (Å²) in [5.74, 6) is 1.40. The molecule has 0 spiro atoms. The van der Waals surface area contributed by atoms with Gasteiger partial charge in [0.15, 0.2) is 11.5 Å². The van der Waals surface area contributed by atoms with E-state index in [2.05, 4.69) is 15.4 Å². The van der Waals surface area contributed by atoms with Crippen LogP contribution in [0, 0.1) is 12.7 Å². The van der Waals surface area contributed by atoms with Crippen LogP contribution >= 0.6 is 0 Å². The molecule has 0 saturated carbocycles. The van der Waals surface area contributed by atoms with Crippen molar-refractivity contribution in [3.05, 3.63) is 76.5 Å². The number of aryl methyl sites for hydroxylation is 1. The van der Waals surface area contributed by atoms with E-state index in [0.29, 0.717) is 34.5 Å². The molecular formula is C24H25FN4O4. The van der Waals surface area contributed by atoms with Crippen LogP contribution in [0.15, 0.2) is 53.7 Å². The lowest BCUT2D eigenvalue weighted by atomic mass is 9.95. The third-order valence-electron chi connectivity index (χ3n) is 5.26. The SMILES string of the molecule is CCOC(=O)C1=C(C)Nc2nc(C)nn2C1c1ccc(OCc2ccc(F)cc2)c(OC)c1. The highest BCUT2D eigenvalue weighted by molar-refractivity contribution is 5.92. The van der Waals surface area contributed by atoms with E-state index in [-0.39, 0.29) is 19.0 Å². The molecule has 0 amide bonds. The van der Waals surface area contributed by atoms with E-state index in [0.717, 1.165) is 11.1 Å². The maximum Gasteiger partial charge on any atom is 0.338 e. The summed E-state index contributed by atoms with van der Waals surface area (Å²) in [5, 5.41) is 7.63. The number of benzene rings is 2. The predicted octanol–water partition coefficient (Wildman–Crippen LogP) is 4.17. The molecule has 0 saturated heterocycles. The lowest BCUT2D eigenvalue weighted by Crippen LogP contribution is -2.29. The molecule has 0 radical (unpaired) electrons. The Hall–Kier alpha value is -3.88. The van der Waals surface area contributed by atoms with Crippen LogP contribution in [0.2, 0.25) is 0 Å². The number of anilines is 1. The van der Waals surface area contributed by atoms with Gasteiger partial charge in [-0.2, -0.15) is 10.1 Å².